The number of carbonyl (C=O) groups is 1. The lowest BCUT2D eigenvalue weighted by atomic mass is 9.93. The monoisotopic (exact) mass is 371 g/mol. The van der Waals surface area contributed by atoms with E-state index in [4.69, 9.17) is 14.2 Å². The molecule has 1 amide bonds. The molecule has 0 radical (unpaired) electrons. The second-order valence-corrected chi connectivity index (χ2v) is 6.86. The van der Waals surface area contributed by atoms with Gasteiger partial charge in [-0.2, -0.15) is 0 Å². The molecule has 0 fully saturated rings. The minimum absolute atomic E-state index is 0.0388. The molecule has 2 rings (SSSR count). The van der Waals surface area contributed by atoms with Crippen LogP contribution in [0.3, 0.4) is 0 Å². The topological polar surface area (TPSA) is 56.8 Å². The van der Waals surface area contributed by atoms with Crippen molar-refractivity contribution in [2.45, 2.75) is 39.7 Å². The number of amides is 1. The molecule has 1 unspecified atom stereocenters. The zero-order valence-electron chi connectivity index (χ0n) is 17.0. The summed E-state index contributed by atoms with van der Waals surface area (Å²) >= 11 is 0. The number of hydrogen-bond acceptors (Lipinski definition) is 4. The van der Waals surface area contributed by atoms with Gasteiger partial charge >= 0.3 is 0 Å². The second kappa shape index (κ2) is 9.31. The summed E-state index contributed by atoms with van der Waals surface area (Å²) in [5.74, 6) is 2.42. The summed E-state index contributed by atoms with van der Waals surface area (Å²) in [5, 5.41) is 3.00. The first kappa shape index (κ1) is 20.6. The van der Waals surface area contributed by atoms with Crippen LogP contribution in [0.5, 0.6) is 17.2 Å². The van der Waals surface area contributed by atoms with E-state index in [0.29, 0.717) is 11.7 Å². The van der Waals surface area contributed by atoms with Crippen LogP contribution in [0, 0.1) is 6.92 Å². The van der Waals surface area contributed by atoms with Crippen molar-refractivity contribution in [2.24, 2.45) is 0 Å². The number of carbonyl (C=O) groups excluding carboxylic acids is 1. The Balaban J connectivity index is 2.01. The molecule has 0 saturated heterocycles. The van der Waals surface area contributed by atoms with E-state index in [2.05, 4.69) is 25.2 Å². The highest BCUT2D eigenvalue weighted by atomic mass is 16.5. The van der Waals surface area contributed by atoms with Crippen molar-refractivity contribution in [3.8, 4) is 17.2 Å². The summed E-state index contributed by atoms with van der Waals surface area (Å²) in [6.07, 6.45) is 0. The van der Waals surface area contributed by atoms with E-state index < -0.39 is 0 Å². The second-order valence-electron chi connectivity index (χ2n) is 6.86. The molecule has 2 aromatic rings. The van der Waals surface area contributed by atoms with E-state index in [1.165, 1.54) is 0 Å². The quantitative estimate of drug-likeness (QED) is 0.748. The van der Waals surface area contributed by atoms with Crippen LogP contribution >= 0.6 is 0 Å². The lowest BCUT2D eigenvalue weighted by Crippen LogP contribution is -2.31. The maximum absolute atomic E-state index is 12.3. The van der Waals surface area contributed by atoms with Gasteiger partial charge in [0, 0.05) is 0 Å². The van der Waals surface area contributed by atoms with Crippen LogP contribution in [0.4, 0.5) is 0 Å². The van der Waals surface area contributed by atoms with E-state index in [0.717, 1.165) is 28.2 Å². The SMILES string of the molecule is COc1ccc(OCC(=O)NC(C)c2cc(C(C)C)c(OC)cc2C)cc1. The third-order valence-electron chi connectivity index (χ3n) is 4.51. The number of methoxy groups -OCH3 is 2. The maximum Gasteiger partial charge on any atom is 0.258 e. The number of ether oxygens (including phenoxy) is 3. The number of benzene rings is 2. The van der Waals surface area contributed by atoms with Gasteiger partial charge in [-0.05, 0) is 72.9 Å². The molecule has 0 aliphatic heterocycles. The van der Waals surface area contributed by atoms with Crippen molar-refractivity contribution in [2.75, 3.05) is 20.8 Å². The minimum atomic E-state index is -0.167. The first-order valence-corrected chi connectivity index (χ1v) is 9.10. The van der Waals surface area contributed by atoms with Crippen molar-refractivity contribution >= 4 is 5.91 Å². The molecular formula is C22H29NO4. The van der Waals surface area contributed by atoms with Gasteiger partial charge in [0.05, 0.1) is 20.3 Å². The Kier molecular flexibility index (Phi) is 7.11. The molecule has 1 atom stereocenters. The fraction of sp³-hybridized carbons (Fsp3) is 0.409. The molecule has 0 aliphatic rings. The van der Waals surface area contributed by atoms with Crippen LogP contribution in [-0.4, -0.2) is 26.7 Å². The summed E-state index contributed by atoms with van der Waals surface area (Å²) < 4.78 is 16.1. The van der Waals surface area contributed by atoms with Gasteiger partial charge in [-0.3, -0.25) is 4.79 Å². The van der Waals surface area contributed by atoms with Crippen LogP contribution in [-0.2, 0) is 4.79 Å². The molecule has 0 spiro atoms. The largest absolute Gasteiger partial charge is 0.497 e. The Morgan fingerprint density at radius 3 is 2.15 bits per heavy atom. The van der Waals surface area contributed by atoms with Crippen molar-refractivity contribution in [3.05, 3.63) is 53.1 Å². The number of hydrogen-bond donors (Lipinski definition) is 1. The third-order valence-corrected chi connectivity index (χ3v) is 4.51. The highest BCUT2D eigenvalue weighted by Gasteiger charge is 2.17. The van der Waals surface area contributed by atoms with E-state index >= 15 is 0 Å². The third kappa shape index (κ3) is 5.39. The first-order valence-electron chi connectivity index (χ1n) is 9.10. The molecule has 0 heterocycles. The molecule has 5 nitrogen and oxygen atoms in total. The molecule has 0 aromatic heterocycles. The van der Waals surface area contributed by atoms with Gasteiger partial charge in [-0.25, -0.2) is 0 Å². The summed E-state index contributed by atoms with van der Waals surface area (Å²) in [6, 6.07) is 11.2. The molecule has 1 N–H and O–H groups in total. The zero-order valence-corrected chi connectivity index (χ0v) is 17.0. The van der Waals surface area contributed by atoms with E-state index in [1.54, 1.807) is 38.5 Å². The normalized spacial score (nSPS) is 11.8. The van der Waals surface area contributed by atoms with E-state index in [9.17, 15) is 4.79 Å². The molecule has 0 bridgehead atoms. The Hall–Kier alpha value is -2.69. The van der Waals surface area contributed by atoms with Crippen LogP contribution in [0.2, 0.25) is 0 Å². The molecule has 27 heavy (non-hydrogen) atoms. The first-order chi connectivity index (χ1) is 12.8. The van der Waals surface area contributed by atoms with Crippen molar-refractivity contribution in [3.63, 3.8) is 0 Å². The number of rotatable bonds is 8. The van der Waals surface area contributed by atoms with Gasteiger partial charge in [0.2, 0.25) is 0 Å². The van der Waals surface area contributed by atoms with E-state index in [1.807, 2.05) is 19.9 Å². The standard InChI is InChI=1S/C22H29NO4/c1-14(2)19-12-20(15(3)11-21(19)26-6)16(4)23-22(24)13-27-18-9-7-17(25-5)8-10-18/h7-12,14,16H,13H2,1-6H3,(H,23,24). The highest BCUT2D eigenvalue weighted by molar-refractivity contribution is 5.78. The Morgan fingerprint density at radius 1 is 0.963 bits per heavy atom. The van der Waals surface area contributed by atoms with Gasteiger partial charge in [0.15, 0.2) is 6.61 Å². The summed E-state index contributed by atoms with van der Waals surface area (Å²) in [5.41, 5.74) is 3.30. The highest BCUT2D eigenvalue weighted by Crippen LogP contribution is 2.32. The number of nitrogens with one attached hydrogen (secondary N) is 1. The molecule has 146 valence electrons. The zero-order chi connectivity index (χ0) is 20.0. The summed E-state index contributed by atoms with van der Waals surface area (Å²) in [6.45, 7) is 8.22. The van der Waals surface area contributed by atoms with Gasteiger partial charge in [-0.15, -0.1) is 0 Å². The van der Waals surface area contributed by atoms with E-state index in [-0.39, 0.29) is 18.6 Å². The van der Waals surface area contributed by atoms with Gasteiger partial charge in [0.1, 0.15) is 17.2 Å². The average Bonchev–Trinajstić information content (AvgIpc) is 2.66. The fourth-order valence-corrected chi connectivity index (χ4v) is 2.99. The van der Waals surface area contributed by atoms with Crippen molar-refractivity contribution in [1.29, 1.82) is 0 Å². The molecule has 5 heteroatoms. The Bertz CT molecular complexity index is 769. The van der Waals surface area contributed by atoms with Crippen molar-refractivity contribution in [1.82, 2.24) is 5.32 Å². The van der Waals surface area contributed by atoms with Gasteiger partial charge in [-0.1, -0.05) is 13.8 Å². The summed E-state index contributed by atoms with van der Waals surface area (Å²) in [4.78, 5) is 12.3. The minimum Gasteiger partial charge on any atom is -0.497 e. The van der Waals surface area contributed by atoms with Crippen molar-refractivity contribution < 1.29 is 19.0 Å². The Labute approximate surface area is 161 Å². The lowest BCUT2D eigenvalue weighted by molar-refractivity contribution is -0.123. The molecule has 0 aliphatic carbocycles. The average molecular weight is 371 g/mol. The Morgan fingerprint density at radius 2 is 1.59 bits per heavy atom. The van der Waals surface area contributed by atoms with Crippen LogP contribution in [0.25, 0.3) is 0 Å². The predicted octanol–water partition coefficient (Wildman–Crippen LogP) is 4.39. The predicted molar refractivity (Wildman–Crippen MR) is 107 cm³/mol. The fourth-order valence-electron chi connectivity index (χ4n) is 2.99. The molecular weight excluding hydrogens is 342 g/mol. The smallest absolute Gasteiger partial charge is 0.258 e. The summed E-state index contributed by atoms with van der Waals surface area (Å²) in [7, 11) is 3.29. The van der Waals surface area contributed by atoms with Gasteiger partial charge in [0.25, 0.3) is 5.91 Å². The van der Waals surface area contributed by atoms with Gasteiger partial charge < -0.3 is 19.5 Å². The lowest BCUT2D eigenvalue weighted by Gasteiger charge is -2.21. The van der Waals surface area contributed by atoms with Crippen LogP contribution in [0.1, 0.15) is 49.4 Å². The maximum atomic E-state index is 12.3. The van der Waals surface area contributed by atoms with Crippen LogP contribution in [0.15, 0.2) is 36.4 Å². The molecule has 0 saturated carbocycles. The molecule has 2 aromatic carbocycles. The van der Waals surface area contributed by atoms with Crippen LogP contribution < -0.4 is 19.5 Å². The number of aryl methyl sites for hydroxylation is 1.